The lowest BCUT2D eigenvalue weighted by Crippen LogP contribution is -2.40. The van der Waals surface area contributed by atoms with E-state index in [0.29, 0.717) is 30.2 Å². The number of amides is 2. The summed E-state index contributed by atoms with van der Waals surface area (Å²) in [6.45, 7) is 2.94. The molecule has 7 nitrogen and oxygen atoms in total. The van der Waals surface area contributed by atoms with Crippen molar-refractivity contribution >= 4 is 23.3 Å². The van der Waals surface area contributed by atoms with E-state index < -0.39 is 0 Å². The Balaban J connectivity index is 1.54. The van der Waals surface area contributed by atoms with Crippen LogP contribution < -0.4 is 10.2 Å². The first-order chi connectivity index (χ1) is 14.4. The lowest BCUT2D eigenvalue weighted by atomic mass is 9.99. The SMILES string of the molecule is Cc1nc(C2CCCCN2CC(=O)Nc2ccc(F)cc2)nc2c1CCC(=O)N2C. The van der Waals surface area contributed by atoms with Crippen LogP contribution >= 0.6 is 0 Å². The van der Waals surface area contributed by atoms with Gasteiger partial charge in [-0.05, 0) is 57.0 Å². The summed E-state index contributed by atoms with van der Waals surface area (Å²) < 4.78 is 13.1. The summed E-state index contributed by atoms with van der Waals surface area (Å²) in [5, 5.41) is 2.82. The van der Waals surface area contributed by atoms with Crippen molar-refractivity contribution in [2.24, 2.45) is 0 Å². The number of aromatic nitrogens is 2. The fraction of sp³-hybridized carbons (Fsp3) is 0.455. The van der Waals surface area contributed by atoms with Crippen molar-refractivity contribution in [3.8, 4) is 0 Å². The van der Waals surface area contributed by atoms with Crippen LogP contribution in [0.15, 0.2) is 24.3 Å². The number of halogens is 1. The quantitative estimate of drug-likeness (QED) is 0.837. The molecule has 8 heteroatoms. The number of anilines is 2. The molecule has 2 aliphatic heterocycles. The number of benzene rings is 1. The van der Waals surface area contributed by atoms with Crippen molar-refractivity contribution in [3.05, 3.63) is 47.2 Å². The molecule has 1 unspecified atom stereocenters. The smallest absolute Gasteiger partial charge is 0.238 e. The molecule has 2 amide bonds. The minimum Gasteiger partial charge on any atom is -0.325 e. The monoisotopic (exact) mass is 411 g/mol. The van der Waals surface area contributed by atoms with Crippen LogP contribution in [0.5, 0.6) is 0 Å². The summed E-state index contributed by atoms with van der Waals surface area (Å²) >= 11 is 0. The Bertz CT molecular complexity index is 963. The number of piperidine rings is 1. The largest absolute Gasteiger partial charge is 0.325 e. The van der Waals surface area contributed by atoms with Gasteiger partial charge in [-0.25, -0.2) is 14.4 Å². The predicted molar refractivity (Wildman–Crippen MR) is 112 cm³/mol. The van der Waals surface area contributed by atoms with Gasteiger partial charge in [-0.15, -0.1) is 0 Å². The Morgan fingerprint density at radius 3 is 2.73 bits per heavy atom. The minimum atomic E-state index is -0.340. The van der Waals surface area contributed by atoms with Gasteiger partial charge in [0.1, 0.15) is 17.5 Å². The molecule has 0 bridgehead atoms. The summed E-state index contributed by atoms with van der Waals surface area (Å²) in [6.07, 6.45) is 4.04. The standard InChI is InChI=1S/C22H26FN5O2/c1-14-17-10-11-20(30)27(2)22(17)26-21(24-14)18-5-3-4-12-28(18)13-19(29)25-16-8-6-15(23)7-9-16/h6-9,18H,3-5,10-13H2,1-2H3,(H,25,29). The van der Waals surface area contributed by atoms with E-state index in [2.05, 4.69) is 10.2 Å². The van der Waals surface area contributed by atoms with E-state index in [1.807, 2.05) is 6.92 Å². The molecule has 4 rings (SSSR count). The number of rotatable bonds is 4. The van der Waals surface area contributed by atoms with Crippen LogP contribution in [0.25, 0.3) is 0 Å². The van der Waals surface area contributed by atoms with Gasteiger partial charge in [0, 0.05) is 30.4 Å². The normalized spacial score (nSPS) is 19.5. The molecule has 2 aliphatic rings. The van der Waals surface area contributed by atoms with E-state index in [9.17, 15) is 14.0 Å². The zero-order chi connectivity index (χ0) is 21.3. The number of likely N-dealkylation sites (tertiary alicyclic amines) is 1. The lowest BCUT2D eigenvalue weighted by Gasteiger charge is -2.35. The highest BCUT2D eigenvalue weighted by Crippen LogP contribution is 2.33. The third-order valence-corrected chi connectivity index (χ3v) is 5.88. The van der Waals surface area contributed by atoms with Gasteiger partial charge in [0.15, 0.2) is 0 Å². The van der Waals surface area contributed by atoms with Crippen molar-refractivity contribution in [3.63, 3.8) is 0 Å². The maximum atomic E-state index is 13.1. The highest BCUT2D eigenvalue weighted by Gasteiger charge is 2.31. The number of carbonyl (C=O) groups is 2. The number of hydrogen-bond acceptors (Lipinski definition) is 5. The zero-order valence-corrected chi connectivity index (χ0v) is 17.3. The van der Waals surface area contributed by atoms with Crippen molar-refractivity contribution < 1.29 is 14.0 Å². The van der Waals surface area contributed by atoms with Crippen LogP contribution in [0.4, 0.5) is 15.9 Å². The van der Waals surface area contributed by atoms with Crippen molar-refractivity contribution in [1.82, 2.24) is 14.9 Å². The Morgan fingerprint density at radius 1 is 1.20 bits per heavy atom. The average Bonchev–Trinajstić information content (AvgIpc) is 2.73. The molecular formula is C22H26FN5O2. The molecule has 1 N–H and O–H groups in total. The van der Waals surface area contributed by atoms with Crippen LogP contribution in [-0.2, 0) is 16.0 Å². The van der Waals surface area contributed by atoms with Gasteiger partial charge in [0.2, 0.25) is 11.8 Å². The first-order valence-corrected chi connectivity index (χ1v) is 10.4. The van der Waals surface area contributed by atoms with Crippen molar-refractivity contribution in [1.29, 1.82) is 0 Å². The Labute approximate surface area is 175 Å². The summed E-state index contributed by atoms with van der Waals surface area (Å²) in [6, 6.07) is 5.65. The zero-order valence-electron chi connectivity index (χ0n) is 17.3. The molecule has 1 fully saturated rings. The number of carbonyl (C=O) groups excluding carboxylic acids is 2. The van der Waals surface area contributed by atoms with Gasteiger partial charge >= 0.3 is 0 Å². The average molecular weight is 411 g/mol. The molecule has 0 spiro atoms. The maximum Gasteiger partial charge on any atom is 0.238 e. The second kappa shape index (κ2) is 8.47. The third kappa shape index (κ3) is 4.18. The third-order valence-electron chi connectivity index (χ3n) is 5.88. The lowest BCUT2D eigenvalue weighted by molar-refractivity contribution is -0.119. The van der Waals surface area contributed by atoms with Gasteiger partial charge in [-0.3, -0.25) is 19.4 Å². The van der Waals surface area contributed by atoms with E-state index >= 15 is 0 Å². The van der Waals surface area contributed by atoms with E-state index in [-0.39, 0.29) is 30.2 Å². The molecule has 158 valence electrons. The molecule has 0 saturated carbocycles. The minimum absolute atomic E-state index is 0.0609. The van der Waals surface area contributed by atoms with E-state index in [4.69, 9.17) is 9.97 Å². The summed E-state index contributed by atoms with van der Waals surface area (Å²) in [7, 11) is 1.76. The van der Waals surface area contributed by atoms with Crippen LogP contribution in [0.1, 0.15) is 48.8 Å². The molecule has 30 heavy (non-hydrogen) atoms. The molecule has 1 aromatic carbocycles. The van der Waals surface area contributed by atoms with Gasteiger partial charge in [0.25, 0.3) is 0 Å². The summed E-state index contributed by atoms with van der Waals surface area (Å²) in [4.78, 5) is 38.0. The number of nitrogens with one attached hydrogen (secondary N) is 1. The predicted octanol–water partition coefficient (Wildman–Crippen LogP) is 3.00. The molecule has 2 aromatic rings. The Hall–Kier alpha value is -2.87. The second-order valence-corrected chi connectivity index (χ2v) is 7.96. The van der Waals surface area contributed by atoms with E-state index in [1.54, 1.807) is 24.1 Å². The highest BCUT2D eigenvalue weighted by molar-refractivity contribution is 5.95. The first-order valence-electron chi connectivity index (χ1n) is 10.4. The molecule has 3 heterocycles. The number of hydrogen-bond donors (Lipinski definition) is 1. The van der Waals surface area contributed by atoms with Crippen LogP contribution in [0.2, 0.25) is 0 Å². The van der Waals surface area contributed by atoms with Gasteiger partial charge in [-0.1, -0.05) is 6.42 Å². The highest BCUT2D eigenvalue weighted by atomic mass is 19.1. The van der Waals surface area contributed by atoms with E-state index in [1.165, 1.54) is 12.1 Å². The van der Waals surface area contributed by atoms with Crippen LogP contribution in [-0.4, -0.2) is 46.8 Å². The van der Waals surface area contributed by atoms with Gasteiger partial charge < -0.3 is 5.32 Å². The number of aryl methyl sites for hydroxylation is 1. The van der Waals surface area contributed by atoms with E-state index in [0.717, 1.165) is 37.1 Å². The fourth-order valence-electron chi connectivity index (χ4n) is 4.23. The summed E-state index contributed by atoms with van der Waals surface area (Å²) in [5.41, 5.74) is 2.49. The number of nitrogens with zero attached hydrogens (tertiary/aromatic N) is 4. The van der Waals surface area contributed by atoms with Gasteiger partial charge in [-0.2, -0.15) is 0 Å². The first kappa shape index (κ1) is 20.4. The maximum absolute atomic E-state index is 13.1. The van der Waals surface area contributed by atoms with Crippen LogP contribution in [0.3, 0.4) is 0 Å². The molecule has 0 radical (unpaired) electrons. The molecule has 0 aliphatic carbocycles. The topological polar surface area (TPSA) is 78.4 Å². The van der Waals surface area contributed by atoms with Crippen molar-refractivity contribution in [2.75, 3.05) is 30.4 Å². The Morgan fingerprint density at radius 2 is 1.97 bits per heavy atom. The molecular weight excluding hydrogens is 385 g/mol. The van der Waals surface area contributed by atoms with Gasteiger partial charge in [0.05, 0.1) is 12.6 Å². The van der Waals surface area contributed by atoms with Crippen LogP contribution in [0, 0.1) is 12.7 Å². The number of fused-ring (bicyclic) bond motifs is 1. The summed E-state index contributed by atoms with van der Waals surface area (Å²) in [5.74, 6) is 0.922. The fourth-order valence-corrected chi connectivity index (χ4v) is 4.23. The molecule has 1 atom stereocenters. The second-order valence-electron chi connectivity index (χ2n) is 7.96. The Kier molecular flexibility index (Phi) is 5.76. The molecule has 1 aromatic heterocycles. The molecule has 1 saturated heterocycles. The van der Waals surface area contributed by atoms with Crippen molar-refractivity contribution in [2.45, 2.75) is 45.1 Å².